The summed E-state index contributed by atoms with van der Waals surface area (Å²) < 4.78 is 14.3. The van der Waals surface area contributed by atoms with Crippen LogP contribution in [0.1, 0.15) is 10.4 Å². The second kappa shape index (κ2) is 4.53. The molecule has 0 spiro atoms. The lowest BCUT2D eigenvalue weighted by atomic mass is 10.2. The number of hydrogen-bond donors (Lipinski definition) is 1. The zero-order chi connectivity index (χ0) is 13.2. The molecule has 1 amide bonds. The molecule has 0 saturated heterocycles. The molecule has 0 bridgehead atoms. The highest BCUT2D eigenvalue weighted by Crippen LogP contribution is 2.11. The van der Waals surface area contributed by atoms with Gasteiger partial charge in [-0.05, 0) is 36.4 Å². The second-order valence-electron chi connectivity index (χ2n) is 4.05. The van der Waals surface area contributed by atoms with E-state index in [-0.39, 0.29) is 11.7 Å². The lowest BCUT2D eigenvalue weighted by molar-refractivity contribution is 0.101. The standard InChI is InChI=1S/C14H10FN3O/c15-11-7-5-10(6-8-11)14(19)17-18-9-16-12-3-1-2-4-13(12)18/h1-9H,(H,17,19). The number of para-hydroxylation sites is 2. The summed E-state index contributed by atoms with van der Waals surface area (Å²) in [7, 11) is 0. The predicted octanol–water partition coefficient (Wildman–Crippen LogP) is 2.56. The van der Waals surface area contributed by atoms with Gasteiger partial charge in [0.2, 0.25) is 0 Å². The number of hydrogen-bond acceptors (Lipinski definition) is 2. The van der Waals surface area contributed by atoms with E-state index in [2.05, 4.69) is 10.4 Å². The number of carbonyl (C=O) groups excluding carboxylic acids is 1. The van der Waals surface area contributed by atoms with E-state index in [1.54, 1.807) is 4.68 Å². The molecule has 0 aliphatic heterocycles. The van der Waals surface area contributed by atoms with Crippen molar-refractivity contribution in [3.8, 4) is 0 Å². The summed E-state index contributed by atoms with van der Waals surface area (Å²) in [6, 6.07) is 12.8. The van der Waals surface area contributed by atoms with Crippen molar-refractivity contribution in [3.05, 3.63) is 66.2 Å². The van der Waals surface area contributed by atoms with E-state index < -0.39 is 0 Å². The molecular weight excluding hydrogens is 245 g/mol. The fourth-order valence-electron chi connectivity index (χ4n) is 1.82. The number of halogens is 1. The summed E-state index contributed by atoms with van der Waals surface area (Å²) in [5.74, 6) is -0.687. The number of nitrogens with zero attached hydrogens (tertiary/aromatic N) is 2. The van der Waals surface area contributed by atoms with Gasteiger partial charge in [-0.25, -0.2) is 14.1 Å². The van der Waals surface area contributed by atoms with Crippen LogP contribution in [0.2, 0.25) is 0 Å². The van der Waals surface area contributed by atoms with Crippen LogP contribution in [0.5, 0.6) is 0 Å². The largest absolute Gasteiger partial charge is 0.270 e. The van der Waals surface area contributed by atoms with Crippen LogP contribution in [0.4, 0.5) is 4.39 Å². The number of nitrogens with one attached hydrogen (secondary N) is 1. The van der Waals surface area contributed by atoms with Crippen molar-refractivity contribution in [2.45, 2.75) is 0 Å². The highest BCUT2D eigenvalue weighted by atomic mass is 19.1. The van der Waals surface area contributed by atoms with E-state index in [1.165, 1.54) is 30.6 Å². The van der Waals surface area contributed by atoms with Crippen molar-refractivity contribution >= 4 is 16.9 Å². The number of amides is 1. The van der Waals surface area contributed by atoms with Crippen LogP contribution >= 0.6 is 0 Å². The third-order valence-corrected chi connectivity index (χ3v) is 2.78. The molecule has 0 atom stereocenters. The highest BCUT2D eigenvalue weighted by molar-refractivity contribution is 6.00. The van der Waals surface area contributed by atoms with E-state index in [0.29, 0.717) is 5.56 Å². The first-order valence-electron chi connectivity index (χ1n) is 5.73. The maximum absolute atomic E-state index is 12.8. The van der Waals surface area contributed by atoms with Gasteiger partial charge in [0, 0.05) is 5.56 Å². The predicted molar refractivity (Wildman–Crippen MR) is 69.8 cm³/mol. The Kier molecular flexibility index (Phi) is 2.72. The van der Waals surface area contributed by atoms with Crippen LogP contribution in [-0.2, 0) is 0 Å². The SMILES string of the molecule is O=C(Nn1cnc2ccccc21)c1ccc(F)cc1. The first kappa shape index (κ1) is 11.4. The Balaban J connectivity index is 1.89. The van der Waals surface area contributed by atoms with Crippen LogP contribution in [0, 0.1) is 5.82 Å². The molecule has 94 valence electrons. The van der Waals surface area contributed by atoms with E-state index in [4.69, 9.17) is 0 Å². The van der Waals surface area contributed by atoms with Gasteiger partial charge in [0.15, 0.2) is 0 Å². The molecule has 3 rings (SSSR count). The van der Waals surface area contributed by atoms with Gasteiger partial charge in [0.05, 0.1) is 11.0 Å². The van der Waals surface area contributed by atoms with Gasteiger partial charge in [-0.1, -0.05) is 12.1 Å². The summed E-state index contributed by atoms with van der Waals surface area (Å²) in [5, 5.41) is 0. The Hall–Kier alpha value is -2.69. The van der Waals surface area contributed by atoms with Crippen molar-refractivity contribution in [2.75, 3.05) is 5.43 Å². The molecule has 4 nitrogen and oxygen atoms in total. The average molecular weight is 255 g/mol. The molecule has 0 fully saturated rings. The number of fused-ring (bicyclic) bond motifs is 1. The Bertz CT molecular complexity index is 734. The van der Waals surface area contributed by atoms with Gasteiger partial charge in [-0.3, -0.25) is 10.2 Å². The Morgan fingerprint density at radius 3 is 2.63 bits per heavy atom. The van der Waals surface area contributed by atoms with Crippen LogP contribution < -0.4 is 5.43 Å². The molecule has 2 aromatic carbocycles. The quantitative estimate of drug-likeness (QED) is 0.765. The summed E-state index contributed by atoms with van der Waals surface area (Å²) in [6.45, 7) is 0. The first-order chi connectivity index (χ1) is 9.24. The summed E-state index contributed by atoms with van der Waals surface area (Å²) in [6.07, 6.45) is 1.53. The molecule has 1 aromatic heterocycles. The molecule has 0 aliphatic carbocycles. The lowest BCUT2D eigenvalue weighted by Crippen LogP contribution is -2.21. The Morgan fingerprint density at radius 2 is 1.84 bits per heavy atom. The summed E-state index contributed by atoms with van der Waals surface area (Å²) >= 11 is 0. The van der Waals surface area contributed by atoms with Crippen LogP contribution in [-0.4, -0.2) is 15.6 Å². The van der Waals surface area contributed by atoms with E-state index in [1.807, 2.05) is 24.3 Å². The molecule has 19 heavy (non-hydrogen) atoms. The topological polar surface area (TPSA) is 46.9 Å². The van der Waals surface area contributed by atoms with Crippen LogP contribution in [0.3, 0.4) is 0 Å². The summed E-state index contributed by atoms with van der Waals surface area (Å²) in [5.41, 5.74) is 4.68. The molecule has 1 heterocycles. The average Bonchev–Trinajstić information content (AvgIpc) is 2.83. The maximum atomic E-state index is 12.8. The minimum atomic E-state index is -0.371. The fraction of sp³-hybridized carbons (Fsp3) is 0. The normalized spacial score (nSPS) is 10.6. The van der Waals surface area contributed by atoms with Gasteiger partial charge < -0.3 is 0 Å². The van der Waals surface area contributed by atoms with Gasteiger partial charge >= 0.3 is 0 Å². The van der Waals surface area contributed by atoms with Crippen molar-refractivity contribution in [3.63, 3.8) is 0 Å². The number of rotatable bonds is 2. The molecule has 5 heteroatoms. The smallest absolute Gasteiger partial charge is 0.267 e. The molecule has 0 unspecified atom stereocenters. The minimum absolute atomic E-state index is 0.317. The Labute approximate surface area is 108 Å². The number of benzene rings is 2. The van der Waals surface area contributed by atoms with Crippen molar-refractivity contribution in [1.29, 1.82) is 0 Å². The van der Waals surface area contributed by atoms with Gasteiger partial charge in [0.25, 0.3) is 5.91 Å². The van der Waals surface area contributed by atoms with Crippen molar-refractivity contribution < 1.29 is 9.18 Å². The monoisotopic (exact) mass is 255 g/mol. The molecule has 0 radical (unpaired) electrons. The van der Waals surface area contributed by atoms with Crippen molar-refractivity contribution in [2.24, 2.45) is 0 Å². The van der Waals surface area contributed by atoms with E-state index >= 15 is 0 Å². The van der Waals surface area contributed by atoms with Gasteiger partial charge in [-0.15, -0.1) is 0 Å². The summed E-state index contributed by atoms with van der Waals surface area (Å²) in [4.78, 5) is 16.2. The fourth-order valence-corrected chi connectivity index (χ4v) is 1.82. The maximum Gasteiger partial charge on any atom is 0.270 e. The van der Waals surface area contributed by atoms with Crippen LogP contribution in [0.15, 0.2) is 54.9 Å². The molecule has 1 N–H and O–H groups in total. The number of imidazole rings is 1. The van der Waals surface area contributed by atoms with Gasteiger partial charge in [-0.2, -0.15) is 0 Å². The molecule has 3 aromatic rings. The number of carbonyl (C=O) groups is 1. The number of aromatic nitrogens is 2. The van der Waals surface area contributed by atoms with E-state index in [0.717, 1.165) is 11.0 Å². The second-order valence-corrected chi connectivity index (χ2v) is 4.05. The van der Waals surface area contributed by atoms with Gasteiger partial charge in [0.1, 0.15) is 12.1 Å². The Morgan fingerprint density at radius 1 is 1.11 bits per heavy atom. The zero-order valence-electron chi connectivity index (χ0n) is 9.88. The minimum Gasteiger partial charge on any atom is -0.267 e. The third-order valence-electron chi connectivity index (χ3n) is 2.78. The van der Waals surface area contributed by atoms with E-state index in [9.17, 15) is 9.18 Å². The van der Waals surface area contributed by atoms with Crippen LogP contribution in [0.25, 0.3) is 11.0 Å². The molecular formula is C14H10FN3O. The highest BCUT2D eigenvalue weighted by Gasteiger charge is 2.08. The van der Waals surface area contributed by atoms with Crippen molar-refractivity contribution in [1.82, 2.24) is 9.66 Å². The zero-order valence-corrected chi connectivity index (χ0v) is 9.88. The third kappa shape index (κ3) is 2.18. The first-order valence-corrected chi connectivity index (χ1v) is 5.73. The molecule has 0 aliphatic rings. The lowest BCUT2D eigenvalue weighted by Gasteiger charge is -2.06. The molecule has 0 saturated carbocycles.